The van der Waals surface area contributed by atoms with Gasteiger partial charge in [-0.1, -0.05) is 7.43 Å². The van der Waals surface area contributed by atoms with E-state index in [2.05, 4.69) is 0 Å². The van der Waals surface area contributed by atoms with Crippen molar-refractivity contribution in [3.05, 3.63) is 0 Å². The van der Waals surface area contributed by atoms with Crippen LogP contribution in [-0.2, 0) is 37.3 Å². The normalized spacial score (nSPS) is 8.43. The van der Waals surface area contributed by atoms with Gasteiger partial charge in [-0.25, -0.2) is 4.57 Å². The molecule has 0 aliphatic carbocycles. The van der Waals surface area contributed by atoms with Crippen molar-refractivity contribution in [1.29, 1.82) is 0 Å². The van der Waals surface area contributed by atoms with Gasteiger partial charge in [0.05, 0.1) is 0 Å². The Hall–Kier alpha value is 1.21. The molecular formula is CH7O4PY. The Morgan fingerprint density at radius 1 is 1.14 bits per heavy atom. The summed E-state index contributed by atoms with van der Waals surface area (Å²) < 4.78 is 8.88. The van der Waals surface area contributed by atoms with E-state index in [0.29, 0.717) is 0 Å². The Bertz CT molecular complexity index is 57.8. The fourth-order valence-electron chi connectivity index (χ4n) is 0. The molecule has 0 amide bonds. The molecule has 0 fully saturated rings. The van der Waals surface area contributed by atoms with Crippen molar-refractivity contribution >= 4 is 7.82 Å². The first-order chi connectivity index (χ1) is 2.00. The van der Waals surface area contributed by atoms with Crippen molar-refractivity contribution in [3.63, 3.8) is 0 Å². The predicted molar refractivity (Wildman–Crippen MR) is 21.0 cm³/mol. The van der Waals surface area contributed by atoms with E-state index in [1.165, 1.54) is 0 Å². The quantitative estimate of drug-likeness (QED) is 0.472. The summed E-state index contributed by atoms with van der Waals surface area (Å²) >= 11 is 0. The number of hydrogen-bond acceptors (Lipinski definition) is 1. The maximum absolute atomic E-state index is 8.88. The molecule has 0 rings (SSSR count). The van der Waals surface area contributed by atoms with Gasteiger partial charge in [0.2, 0.25) is 0 Å². The molecule has 6 heteroatoms. The van der Waals surface area contributed by atoms with Gasteiger partial charge in [-0.05, 0) is 0 Å². The van der Waals surface area contributed by atoms with Gasteiger partial charge in [-0.2, -0.15) is 0 Å². The minimum atomic E-state index is -4.64. The molecule has 0 saturated heterocycles. The third kappa shape index (κ3) is 133. The van der Waals surface area contributed by atoms with Crippen LogP contribution in [-0.4, -0.2) is 14.7 Å². The molecule has 0 bridgehead atoms. The molecule has 0 atom stereocenters. The molecule has 0 aliphatic rings. The molecule has 0 heterocycles. The van der Waals surface area contributed by atoms with Crippen molar-refractivity contribution in [2.75, 3.05) is 0 Å². The number of hydrogen-bond donors (Lipinski definition) is 3. The summed E-state index contributed by atoms with van der Waals surface area (Å²) in [5.74, 6) is 0. The van der Waals surface area contributed by atoms with Gasteiger partial charge < -0.3 is 14.7 Å². The maximum atomic E-state index is 8.88. The molecule has 3 N–H and O–H groups in total. The molecule has 0 unspecified atom stereocenters. The number of rotatable bonds is 0. The Morgan fingerprint density at radius 3 is 1.14 bits per heavy atom. The average molecular weight is 203 g/mol. The summed E-state index contributed by atoms with van der Waals surface area (Å²) in [5.41, 5.74) is 0. The van der Waals surface area contributed by atoms with Crippen LogP contribution in [0.1, 0.15) is 7.43 Å². The molecule has 0 saturated carbocycles. The summed E-state index contributed by atoms with van der Waals surface area (Å²) in [6, 6.07) is 0. The van der Waals surface area contributed by atoms with Crippen molar-refractivity contribution in [2.45, 2.75) is 7.43 Å². The van der Waals surface area contributed by atoms with E-state index >= 15 is 0 Å². The fourth-order valence-corrected chi connectivity index (χ4v) is 0. The molecule has 7 heavy (non-hydrogen) atoms. The van der Waals surface area contributed by atoms with E-state index < -0.39 is 7.82 Å². The zero-order chi connectivity index (χ0) is 4.50. The van der Waals surface area contributed by atoms with Gasteiger partial charge in [-0.3, -0.25) is 0 Å². The third-order valence-electron chi connectivity index (χ3n) is 0. The van der Waals surface area contributed by atoms with Crippen LogP contribution in [0.15, 0.2) is 0 Å². The topological polar surface area (TPSA) is 77.8 Å². The van der Waals surface area contributed by atoms with Crippen LogP contribution in [0.2, 0.25) is 0 Å². The summed E-state index contributed by atoms with van der Waals surface area (Å²) in [6.45, 7) is 0. The van der Waals surface area contributed by atoms with Crippen LogP contribution in [0.25, 0.3) is 0 Å². The standard InChI is InChI=1S/CH4.H3O4P.Y/c;1-5(2,3)4;/h1H4;(H3,1,2,3,4);. The van der Waals surface area contributed by atoms with Crippen LogP contribution in [0.5, 0.6) is 0 Å². The third-order valence-corrected chi connectivity index (χ3v) is 0. The summed E-state index contributed by atoms with van der Waals surface area (Å²) in [4.78, 5) is 21.6. The van der Waals surface area contributed by atoms with Crippen molar-refractivity contribution in [1.82, 2.24) is 0 Å². The monoisotopic (exact) mass is 203 g/mol. The van der Waals surface area contributed by atoms with Gasteiger partial charge in [0, 0.05) is 32.7 Å². The van der Waals surface area contributed by atoms with Gasteiger partial charge in [-0.15, -0.1) is 0 Å². The van der Waals surface area contributed by atoms with E-state index in [9.17, 15) is 0 Å². The molecule has 0 aromatic carbocycles. The van der Waals surface area contributed by atoms with Crippen molar-refractivity contribution < 1.29 is 52.0 Å². The molecule has 43 valence electrons. The molecular weight excluding hydrogens is 196 g/mol. The Morgan fingerprint density at radius 2 is 1.14 bits per heavy atom. The minimum Gasteiger partial charge on any atom is -0.303 e. The molecule has 0 aromatic rings. The molecule has 0 spiro atoms. The van der Waals surface area contributed by atoms with Crippen molar-refractivity contribution in [2.24, 2.45) is 0 Å². The first kappa shape index (κ1) is 15.7. The van der Waals surface area contributed by atoms with Crippen molar-refractivity contribution in [3.8, 4) is 0 Å². The zero-order valence-corrected chi connectivity index (χ0v) is 6.51. The first-order valence-electron chi connectivity index (χ1n) is 0.783. The largest absolute Gasteiger partial charge is 0.466 e. The second kappa shape index (κ2) is 5.35. The number of phosphoric acid groups is 1. The van der Waals surface area contributed by atoms with Crippen LogP contribution in [0.3, 0.4) is 0 Å². The van der Waals surface area contributed by atoms with Gasteiger partial charge in [0.15, 0.2) is 0 Å². The van der Waals surface area contributed by atoms with Crippen LogP contribution < -0.4 is 0 Å². The van der Waals surface area contributed by atoms with Crippen LogP contribution >= 0.6 is 7.82 Å². The smallest absolute Gasteiger partial charge is 0.303 e. The van der Waals surface area contributed by atoms with E-state index in [-0.39, 0.29) is 40.1 Å². The van der Waals surface area contributed by atoms with E-state index in [0.717, 1.165) is 0 Å². The predicted octanol–water partition coefficient (Wildman–Crippen LogP) is -0.295. The van der Waals surface area contributed by atoms with Gasteiger partial charge in [0.1, 0.15) is 0 Å². The summed E-state index contributed by atoms with van der Waals surface area (Å²) in [7, 11) is -4.64. The second-order valence-corrected chi connectivity index (χ2v) is 1.54. The van der Waals surface area contributed by atoms with Crippen LogP contribution in [0, 0.1) is 0 Å². The van der Waals surface area contributed by atoms with E-state index in [4.69, 9.17) is 19.2 Å². The molecule has 4 nitrogen and oxygen atoms in total. The average Bonchev–Trinajstić information content (AvgIpc) is 0.722. The zero-order valence-electron chi connectivity index (χ0n) is 2.77. The van der Waals surface area contributed by atoms with Gasteiger partial charge >= 0.3 is 7.82 Å². The molecule has 0 aromatic heterocycles. The van der Waals surface area contributed by atoms with E-state index in [1.807, 2.05) is 0 Å². The second-order valence-electron chi connectivity index (χ2n) is 0.513. The minimum absolute atomic E-state index is 0. The summed E-state index contributed by atoms with van der Waals surface area (Å²) in [6.07, 6.45) is 0. The van der Waals surface area contributed by atoms with E-state index in [1.54, 1.807) is 0 Å². The van der Waals surface area contributed by atoms with Crippen LogP contribution in [0.4, 0.5) is 0 Å². The maximum Gasteiger partial charge on any atom is 0.466 e. The first-order valence-corrected chi connectivity index (χ1v) is 2.35. The fraction of sp³-hybridized carbons (Fsp3) is 1.00. The Balaban J connectivity index is -0.0000000800. The SMILES string of the molecule is C.O=P(O)(O)O.[Y]. The summed E-state index contributed by atoms with van der Waals surface area (Å²) in [5, 5.41) is 0. The van der Waals surface area contributed by atoms with Gasteiger partial charge in [0.25, 0.3) is 0 Å². The Labute approximate surface area is 67.1 Å². The Kier molecular flexibility index (Phi) is 12.0. The molecule has 1 radical (unpaired) electrons. The molecule has 0 aliphatic heterocycles.